The van der Waals surface area contributed by atoms with Crippen molar-refractivity contribution in [1.82, 2.24) is 34.9 Å². The summed E-state index contributed by atoms with van der Waals surface area (Å²) in [6, 6.07) is 5.97. The van der Waals surface area contributed by atoms with Gasteiger partial charge in [0.15, 0.2) is 5.96 Å². The van der Waals surface area contributed by atoms with Crippen LogP contribution in [0.2, 0.25) is 0 Å². The highest BCUT2D eigenvalue weighted by molar-refractivity contribution is 14.0. The second-order valence-electron chi connectivity index (χ2n) is 5.49. The first-order valence-electron chi connectivity index (χ1n) is 8.18. The number of aliphatic imine (C=N–C) groups is 1. The van der Waals surface area contributed by atoms with Crippen LogP contribution in [0.1, 0.15) is 18.2 Å². The van der Waals surface area contributed by atoms with Gasteiger partial charge in [0.25, 0.3) is 0 Å². The maximum absolute atomic E-state index is 4.61. The first-order valence-corrected chi connectivity index (χ1v) is 8.18. The molecule has 0 bridgehead atoms. The third kappa shape index (κ3) is 5.28. The molecule has 0 aromatic carbocycles. The third-order valence-electron chi connectivity index (χ3n) is 3.70. The quantitative estimate of drug-likeness (QED) is 0.329. The Morgan fingerprint density at radius 1 is 1.19 bits per heavy atom. The molecule has 0 aliphatic carbocycles. The van der Waals surface area contributed by atoms with Crippen LogP contribution in [0.15, 0.2) is 54.3 Å². The molecule has 3 rings (SSSR count). The van der Waals surface area contributed by atoms with Gasteiger partial charge in [-0.3, -0.25) is 9.25 Å². The Hall–Kier alpha value is -2.43. The number of guanidine groups is 1. The molecule has 3 aromatic rings. The second kappa shape index (κ2) is 9.90. The van der Waals surface area contributed by atoms with E-state index < -0.39 is 0 Å². The summed E-state index contributed by atoms with van der Waals surface area (Å²) in [6.45, 7) is 4.07. The van der Waals surface area contributed by atoms with Crippen molar-refractivity contribution in [2.75, 3.05) is 6.54 Å². The highest BCUT2D eigenvalue weighted by Gasteiger charge is 2.02. The van der Waals surface area contributed by atoms with Crippen LogP contribution in [0, 0.1) is 0 Å². The minimum absolute atomic E-state index is 0. The van der Waals surface area contributed by atoms with Crippen LogP contribution in [0.4, 0.5) is 0 Å². The van der Waals surface area contributed by atoms with E-state index in [1.165, 1.54) is 0 Å². The number of nitrogens with zero attached hydrogens (tertiary/aromatic N) is 6. The Morgan fingerprint density at radius 2 is 2.08 bits per heavy atom. The zero-order valence-electron chi connectivity index (χ0n) is 14.8. The van der Waals surface area contributed by atoms with Crippen LogP contribution >= 0.6 is 24.0 Å². The number of pyridine rings is 1. The monoisotopic (exact) mass is 466 g/mol. The van der Waals surface area contributed by atoms with Crippen LogP contribution in [0.25, 0.3) is 5.82 Å². The van der Waals surface area contributed by atoms with E-state index in [0.29, 0.717) is 13.1 Å². The molecule has 0 radical (unpaired) electrons. The lowest BCUT2D eigenvalue weighted by Crippen LogP contribution is -2.37. The SMILES string of the molecule is CCNC(=NCc1ccc(-n2ccnc2)nc1)NCc1ccnn1C.I. The van der Waals surface area contributed by atoms with Crippen LogP contribution in [0.5, 0.6) is 0 Å². The summed E-state index contributed by atoms with van der Waals surface area (Å²) in [5.41, 5.74) is 2.14. The first-order chi connectivity index (χ1) is 12.3. The van der Waals surface area contributed by atoms with Gasteiger partial charge in [0.2, 0.25) is 0 Å². The lowest BCUT2D eigenvalue weighted by atomic mass is 10.3. The summed E-state index contributed by atoms with van der Waals surface area (Å²) in [5.74, 6) is 1.61. The average Bonchev–Trinajstić information content (AvgIpc) is 3.30. The molecule has 2 N–H and O–H groups in total. The smallest absolute Gasteiger partial charge is 0.191 e. The number of rotatable bonds is 6. The van der Waals surface area contributed by atoms with Crippen molar-refractivity contribution in [2.45, 2.75) is 20.0 Å². The topological polar surface area (TPSA) is 84.9 Å². The molecule has 0 aliphatic heterocycles. The largest absolute Gasteiger partial charge is 0.357 e. The third-order valence-corrected chi connectivity index (χ3v) is 3.70. The lowest BCUT2D eigenvalue weighted by molar-refractivity contribution is 0.685. The molecule has 0 amide bonds. The molecule has 9 heteroatoms. The molecule has 138 valence electrons. The van der Waals surface area contributed by atoms with E-state index in [9.17, 15) is 0 Å². The molecule has 0 aliphatic rings. The number of aromatic nitrogens is 5. The van der Waals surface area contributed by atoms with Gasteiger partial charge in [-0.2, -0.15) is 5.10 Å². The first kappa shape index (κ1) is 19.9. The van der Waals surface area contributed by atoms with Crippen molar-refractivity contribution in [3.8, 4) is 5.82 Å². The summed E-state index contributed by atoms with van der Waals surface area (Å²) < 4.78 is 3.71. The van der Waals surface area contributed by atoms with E-state index in [4.69, 9.17) is 0 Å². The van der Waals surface area contributed by atoms with Gasteiger partial charge in [-0.15, -0.1) is 24.0 Å². The van der Waals surface area contributed by atoms with Gasteiger partial charge in [0.05, 0.1) is 18.8 Å². The number of hydrogen-bond donors (Lipinski definition) is 2. The van der Waals surface area contributed by atoms with Crippen molar-refractivity contribution in [3.05, 3.63) is 60.6 Å². The van der Waals surface area contributed by atoms with Crippen LogP contribution in [-0.2, 0) is 20.1 Å². The predicted molar refractivity (Wildman–Crippen MR) is 112 cm³/mol. The van der Waals surface area contributed by atoms with Gasteiger partial charge in [0, 0.05) is 38.4 Å². The minimum atomic E-state index is 0. The van der Waals surface area contributed by atoms with Gasteiger partial charge >= 0.3 is 0 Å². The number of imidazole rings is 1. The van der Waals surface area contributed by atoms with Crippen molar-refractivity contribution < 1.29 is 0 Å². The van der Waals surface area contributed by atoms with Crippen molar-refractivity contribution in [3.63, 3.8) is 0 Å². The molecule has 3 heterocycles. The highest BCUT2D eigenvalue weighted by atomic mass is 127. The normalized spacial score (nSPS) is 11.1. The van der Waals surface area contributed by atoms with E-state index in [0.717, 1.165) is 29.6 Å². The van der Waals surface area contributed by atoms with Crippen molar-refractivity contribution in [2.24, 2.45) is 12.0 Å². The second-order valence-corrected chi connectivity index (χ2v) is 5.49. The molecule has 0 saturated carbocycles. The Morgan fingerprint density at radius 3 is 2.69 bits per heavy atom. The van der Waals surface area contributed by atoms with Gasteiger partial charge < -0.3 is 10.6 Å². The summed E-state index contributed by atoms with van der Waals surface area (Å²) in [4.78, 5) is 13.1. The van der Waals surface area contributed by atoms with Crippen LogP contribution in [0.3, 0.4) is 0 Å². The number of hydrogen-bond acceptors (Lipinski definition) is 4. The highest BCUT2D eigenvalue weighted by Crippen LogP contribution is 2.06. The van der Waals surface area contributed by atoms with E-state index >= 15 is 0 Å². The van der Waals surface area contributed by atoms with Crippen molar-refractivity contribution >= 4 is 29.9 Å². The Labute approximate surface area is 169 Å². The van der Waals surface area contributed by atoms with Gasteiger partial charge in [-0.1, -0.05) is 6.07 Å². The molecule has 26 heavy (non-hydrogen) atoms. The molecule has 0 atom stereocenters. The molecule has 0 unspecified atom stereocenters. The maximum Gasteiger partial charge on any atom is 0.191 e. The van der Waals surface area contributed by atoms with Crippen LogP contribution in [-0.4, -0.2) is 36.8 Å². The lowest BCUT2D eigenvalue weighted by Gasteiger charge is -2.11. The van der Waals surface area contributed by atoms with E-state index in [2.05, 4.69) is 30.7 Å². The fourth-order valence-electron chi connectivity index (χ4n) is 2.32. The Kier molecular flexibility index (Phi) is 7.57. The Balaban J connectivity index is 0.00000243. The molecule has 0 spiro atoms. The van der Waals surface area contributed by atoms with Crippen molar-refractivity contribution in [1.29, 1.82) is 0 Å². The summed E-state index contributed by atoms with van der Waals surface area (Å²) >= 11 is 0. The van der Waals surface area contributed by atoms with E-state index in [-0.39, 0.29) is 24.0 Å². The Bertz CT molecular complexity index is 808. The maximum atomic E-state index is 4.61. The minimum Gasteiger partial charge on any atom is -0.357 e. The molecule has 0 fully saturated rings. The zero-order chi connectivity index (χ0) is 17.5. The molecule has 0 saturated heterocycles. The average molecular weight is 466 g/mol. The molecular formula is C17H23IN8. The number of halogens is 1. The molecule has 3 aromatic heterocycles. The molecule has 8 nitrogen and oxygen atoms in total. The summed E-state index contributed by atoms with van der Waals surface area (Å²) in [7, 11) is 1.93. The summed E-state index contributed by atoms with van der Waals surface area (Å²) in [6.07, 6.45) is 8.95. The fourth-order valence-corrected chi connectivity index (χ4v) is 2.32. The fraction of sp³-hybridized carbons (Fsp3) is 0.294. The van der Waals surface area contributed by atoms with Gasteiger partial charge in [-0.25, -0.2) is 15.0 Å². The zero-order valence-corrected chi connectivity index (χ0v) is 17.2. The van der Waals surface area contributed by atoms with Gasteiger partial charge in [-0.05, 0) is 24.6 Å². The predicted octanol–water partition coefficient (Wildman–Crippen LogP) is 1.87. The van der Waals surface area contributed by atoms with E-state index in [1.807, 2.05) is 53.8 Å². The standard InChI is InChI=1S/C17H22N8.HI/c1-3-19-17(22-12-15-6-7-23-24(15)2)21-11-14-4-5-16(20-10-14)25-9-8-18-13-25;/h4-10,13H,3,11-12H2,1-2H3,(H2,19,21,22);1H. The summed E-state index contributed by atoms with van der Waals surface area (Å²) in [5, 5.41) is 10.7. The number of nitrogens with one attached hydrogen (secondary N) is 2. The van der Waals surface area contributed by atoms with Crippen LogP contribution < -0.4 is 10.6 Å². The van der Waals surface area contributed by atoms with E-state index in [1.54, 1.807) is 18.7 Å². The molecular weight excluding hydrogens is 443 g/mol. The number of aryl methyl sites for hydroxylation is 1. The van der Waals surface area contributed by atoms with Gasteiger partial charge in [0.1, 0.15) is 12.1 Å².